The summed E-state index contributed by atoms with van der Waals surface area (Å²) in [6, 6.07) is -0.0841. The Bertz CT molecular complexity index is 249. The van der Waals surface area contributed by atoms with Crippen molar-refractivity contribution in [2.24, 2.45) is 11.8 Å². The number of methoxy groups -OCH3 is 1. The van der Waals surface area contributed by atoms with Gasteiger partial charge < -0.3 is 20.5 Å². The van der Waals surface area contributed by atoms with Gasteiger partial charge in [0.2, 0.25) is 5.91 Å². The Hall–Kier alpha value is -0.650. The molecule has 1 rings (SSSR count). The molecule has 0 spiro atoms. The molecule has 1 aliphatic rings. The van der Waals surface area contributed by atoms with Crippen LogP contribution in [0, 0.1) is 11.8 Å². The van der Waals surface area contributed by atoms with Crippen molar-refractivity contribution in [2.75, 3.05) is 33.4 Å². The number of nitrogens with one attached hydrogen (secondary N) is 2. The first kappa shape index (κ1) is 16.4. The third-order valence-electron chi connectivity index (χ3n) is 3.86. The average Bonchev–Trinajstić information content (AvgIpc) is 2.40. The minimum atomic E-state index is -0.0841. The van der Waals surface area contributed by atoms with E-state index in [1.807, 2.05) is 0 Å². The Kier molecular flexibility index (Phi) is 8.02. The minimum Gasteiger partial charge on any atom is -0.396 e. The number of amides is 1. The first-order valence-electron chi connectivity index (χ1n) is 7.27. The van der Waals surface area contributed by atoms with Crippen LogP contribution in [0.25, 0.3) is 0 Å². The maximum atomic E-state index is 12.0. The molecule has 1 aliphatic heterocycles. The van der Waals surface area contributed by atoms with E-state index >= 15 is 0 Å². The first-order valence-corrected chi connectivity index (χ1v) is 7.27. The van der Waals surface area contributed by atoms with Crippen LogP contribution in [-0.2, 0) is 9.53 Å². The second-order valence-corrected chi connectivity index (χ2v) is 5.52. The van der Waals surface area contributed by atoms with Crippen molar-refractivity contribution in [1.29, 1.82) is 0 Å². The fourth-order valence-electron chi connectivity index (χ4n) is 2.66. The standard InChI is InChI=1S/C14H28N2O3/c1-11(12-4-3-6-15-9-12)8-14(18)16-13(5-7-17)10-19-2/h11-13,15,17H,3-10H2,1-2H3,(H,16,18). The molecule has 0 bridgehead atoms. The summed E-state index contributed by atoms with van der Waals surface area (Å²) in [6.07, 6.45) is 3.50. The molecule has 1 amide bonds. The largest absolute Gasteiger partial charge is 0.396 e. The smallest absolute Gasteiger partial charge is 0.220 e. The Morgan fingerprint density at radius 1 is 1.58 bits per heavy atom. The van der Waals surface area contributed by atoms with Gasteiger partial charge in [-0.1, -0.05) is 6.92 Å². The summed E-state index contributed by atoms with van der Waals surface area (Å²) >= 11 is 0. The zero-order valence-corrected chi connectivity index (χ0v) is 12.2. The Labute approximate surface area is 116 Å². The van der Waals surface area contributed by atoms with Crippen molar-refractivity contribution in [3.8, 4) is 0 Å². The number of hydrogen-bond acceptors (Lipinski definition) is 4. The van der Waals surface area contributed by atoms with Crippen molar-refractivity contribution in [3.63, 3.8) is 0 Å². The van der Waals surface area contributed by atoms with Crippen LogP contribution < -0.4 is 10.6 Å². The highest BCUT2D eigenvalue weighted by atomic mass is 16.5. The molecule has 0 aromatic rings. The fourth-order valence-corrected chi connectivity index (χ4v) is 2.66. The predicted molar refractivity (Wildman–Crippen MR) is 74.9 cm³/mol. The fraction of sp³-hybridized carbons (Fsp3) is 0.929. The van der Waals surface area contributed by atoms with Crippen molar-refractivity contribution >= 4 is 5.91 Å². The van der Waals surface area contributed by atoms with E-state index in [2.05, 4.69) is 17.6 Å². The molecule has 5 nitrogen and oxygen atoms in total. The summed E-state index contributed by atoms with van der Waals surface area (Å²) in [4.78, 5) is 12.0. The summed E-state index contributed by atoms with van der Waals surface area (Å²) in [5.41, 5.74) is 0. The molecule has 3 unspecified atom stereocenters. The number of piperidine rings is 1. The van der Waals surface area contributed by atoms with Gasteiger partial charge in [0.15, 0.2) is 0 Å². The maximum Gasteiger partial charge on any atom is 0.220 e. The number of hydrogen-bond donors (Lipinski definition) is 3. The third-order valence-corrected chi connectivity index (χ3v) is 3.86. The predicted octanol–water partition coefficient (Wildman–Crippen LogP) is 0.526. The third kappa shape index (κ3) is 6.36. The molecule has 3 N–H and O–H groups in total. The molecular formula is C14H28N2O3. The number of rotatable bonds is 8. The van der Waals surface area contributed by atoms with Crippen LogP contribution in [0.4, 0.5) is 0 Å². The second-order valence-electron chi connectivity index (χ2n) is 5.52. The number of aliphatic hydroxyl groups is 1. The van der Waals surface area contributed by atoms with Gasteiger partial charge in [0.25, 0.3) is 0 Å². The molecular weight excluding hydrogens is 244 g/mol. The molecule has 1 heterocycles. The van der Waals surface area contributed by atoms with E-state index in [1.165, 1.54) is 12.8 Å². The molecule has 112 valence electrons. The number of aliphatic hydroxyl groups excluding tert-OH is 1. The molecule has 0 aromatic heterocycles. The van der Waals surface area contributed by atoms with Gasteiger partial charge in [0.05, 0.1) is 12.6 Å². The monoisotopic (exact) mass is 272 g/mol. The molecule has 19 heavy (non-hydrogen) atoms. The summed E-state index contributed by atoms with van der Waals surface area (Å²) in [5.74, 6) is 1.05. The SMILES string of the molecule is COCC(CCO)NC(=O)CC(C)C1CCCNC1. The van der Waals surface area contributed by atoms with Crippen LogP contribution in [0.5, 0.6) is 0 Å². The summed E-state index contributed by atoms with van der Waals surface area (Å²) < 4.78 is 5.04. The van der Waals surface area contributed by atoms with Crippen LogP contribution in [-0.4, -0.2) is 50.5 Å². The quantitative estimate of drug-likeness (QED) is 0.603. The lowest BCUT2D eigenvalue weighted by Crippen LogP contribution is -2.41. The van der Waals surface area contributed by atoms with Crippen LogP contribution in [0.2, 0.25) is 0 Å². The van der Waals surface area contributed by atoms with Gasteiger partial charge in [-0.05, 0) is 44.2 Å². The molecule has 0 aromatic carbocycles. The zero-order chi connectivity index (χ0) is 14.1. The molecule has 0 aliphatic carbocycles. The lowest BCUT2D eigenvalue weighted by atomic mass is 9.85. The topological polar surface area (TPSA) is 70.6 Å². The van der Waals surface area contributed by atoms with E-state index < -0.39 is 0 Å². The van der Waals surface area contributed by atoms with E-state index in [0.717, 1.165) is 13.1 Å². The number of ether oxygens (including phenoxy) is 1. The van der Waals surface area contributed by atoms with Gasteiger partial charge in [-0.15, -0.1) is 0 Å². The summed E-state index contributed by atoms with van der Waals surface area (Å²) in [6.45, 7) is 4.78. The van der Waals surface area contributed by atoms with E-state index in [0.29, 0.717) is 31.3 Å². The molecule has 5 heteroatoms. The van der Waals surface area contributed by atoms with Crippen molar-refractivity contribution in [1.82, 2.24) is 10.6 Å². The van der Waals surface area contributed by atoms with Gasteiger partial charge >= 0.3 is 0 Å². The van der Waals surface area contributed by atoms with Gasteiger partial charge in [-0.25, -0.2) is 0 Å². The first-order chi connectivity index (χ1) is 9.17. The minimum absolute atomic E-state index is 0.0635. The second kappa shape index (κ2) is 9.28. The molecule has 0 radical (unpaired) electrons. The summed E-state index contributed by atoms with van der Waals surface area (Å²) in [7, 11) is 1.60. The number of carbonyl (C=O) groups excluding carboxylic acids is 1. The molecule has 1 fully saturated rings. The van der Waals surface area contributed by atoms with Gasteiger partial charge in [0, 0.05) is 20.1 Å². The van der Waals surface area contributed by atoms with Gasteiger partial charge in [-0.2, -0.15) is 0 Å². The van der Waals surface area contributed by atoms with Crippen molar-refractivity contribution in [3.05, 3.63) is 0 Å². The Morgan fingerprint density at radius 2 is 2.37 bits per heavy atom. The van der Waals surface area contributed by atoms with E-state index in [-0.39, 0.29) is 18.6 Å². The lowest BCUT2D eigenvalue weighted by Gasteiger charge is -2.28. The van der Waals surface area contributed by atoms with Crippen LogP contribution in [0.1, 0.15) is 32.6 Å². The molecule has 1 saturated heterocycles. The van der Waals surface area contributed by atoms with Crippen molar-refractivity contribution in [2.45, 2.75) is 38.6 Å². The van der Waals surface area contributed by atoms with Crippen LogP contribution >= 0.6 is 0 Å². The van der Waals surface area contributed by atoms with Gasteiger partial charge in [-0.3, -0.25) is 4.79 Å². The van der Waals surface area contributed by atoms with E-state index in [4.69, 9.17) is 9.84 Å². The van der Waals surface area contributed by atoms with E-state index in [9.17, 15) is 4.79 Å². The molecule has 3 atom stereocenters. The molecule has 0 saturated carbocycles. The van der Waals surface area contributed by atoms with Crippen molar-refractivity contribution < 1.29 is 14.6 Å². The van der Waals surface area contributed by atoms with Crippen LogP contribution in [0.15, 0.2) is 0 Å². The Balaban J connectivity index is 2.31. The number of carbonyl (C=O) groups is 1. The normalized spacial score (nSPS) is 22.8. The average molecular weight is 272 g/mol. The highest BCUT2D eigenvalue weighted by Gasteiger charge is 2.22. The highest BCUT2D eigenvalue weighted by molar-refractivity contribution is 5.76. The van der Waals surface area contributed by atoms with Gasteiger partial charge in [0.1, 0.15) is 0 Å². The Morgan fingerprint density at radius 3 is 2.95 bits per heavy atom. The van der Waals surface area contributed by atoms with E-state index in [1.54, 1.807) is 7.11 Å². The maximum absolute atomic E-state index is 12.0. The zero-order valence-electron chi connectivity index (χ0n) is 12.2. The van der Waals surface area contributed by atoms with Crippen LogP contribution in [0.3, 0.4) is 0 Å². The lowest BCUT2D eigenvalue weighted by molar-refractivity contribution is -0.123. The summed E-state index contributed by atoms with van der Waals surface area (Å²) in [5, 5.41) is 15.3. The highest BCUT2D eigenvalue weighted by Crippen LogP contribution is 2.22.